The van der Waals surface area contributed by atoms with Crippen molar-refractivity contribution in [3.8, 4) is 5.75 Å². The van der Waals surface area contributed by atoms with E-state index in [0.29, 0.717) is 18.9 Å². The first-order valence-electron chi connectivity index (χ1n) is 6.36. The van der Waals surface area contributed by atoms with Gasteiger partial charge in [0.1, 0.15) is 11.6 Å². The number of amidine groups is 1. The summed E-state index contributed by atoms with van der Waals surface area (Å²) in [5.41, 5.74) is 7.42. The van der Waals surface area contributed by atoms with Gasteiger partial charge in [0.25, 0.3) is 11.8 Å². The molecule has 0 radical (unpaired) electrons. The lowest BCUT2D eigenvalue weighted by molar-refractivity contribution is -0.129. The van der Waals surface area contributed by atoms with Crippen LogP contribution in [0.4, 0.5) is 0 Å². The summed E-state index contributed by atoms with van der Waals surface area (Å²) in [6, 6.07) is 4.69. The molecule has 106 valence electrons. The number of hydrogen-bond donors (Lipinski definition) is 2. The first kappa shape index (κ1) is 14.2. The molecule has 0 bridgehead atoms. The highest BCUT2D eigenvalue weighted by Crippen LogP contribution is 2.22. The molecule has 20 heavy (non-hydrogen) atoms. The normalized spacial score (nSPS) is 18.6. The van der Waals surface area contributed by atoms with E-state index in [0.717, 1.165) is 16.9 Å². The van der Waals surface area contributed by atoms with E-state index in [1.54, 1.807) is 0 Å². The van der Waals surface area contributed by atoms with Crippen LogP contribution < -0.4 is 15.8 Å². The molecule has 1 atom stereocenters. The first-order valence-corrected chi connectivity index (χ1v) is 6.36. The number of aliphatic imine (C=N–C) groups is 1. The topological polar surface area (TPSA) is 93.8 Å². The molecule has 1 aromatic carbocycles. The van der Waals surface area contributed by atoms with Crippen LogP contribution in [0.2, 0.25) is 0 Å². The number of para-hydroxylation sites is 1. The Hall–Kier alpha value is -2.21. The zero-order valence-corrected chi connectivity index (χ0v) is 11.5. The van der Waals surface area contributed by atoms with Gasteiger partial charge in [0.2, 0.25) is 0 Å². The highest BCUT2D eigenvalue weighted by molar-refractivity contribution is 6.18. The van der Waals surface area contributed by atoms with Crippen molar-refractivity contribution in [1.82, 2.24) is 5.32 Å². The number of ether oxygens (including phenoxy) is 1. The largest absolute Gasteiger partial charge is 0.493 e. The van der Waals surface area contributed by atoms with E-state index in [9.17, 15) is 9.59 Å². The molecule has 2 rings (SSSR count). The highest BCUT2D eigenvalue weighted by Gasteiger charge is 2.27. The lowest BCUT2D eigenvalue weighted by Gasteiger charge is -2.17. The van der Waals surface area contributed by atoms with Crippen molar-refractivity contribution in [2.45, 2.75) is 26.3 Å². The van der Waals surface area contributed by atoms with Crippen LogP contribution in [-0.2, 0) is 9.59 Å². The number of hydrogen-bond acceptors (Lipinski definition) is 4. The van der Waals surface area contributed by atoms with Crippen LogP contribution in [-0.4, -0.2) is 30.3 Å². The van der Waals surface area contributed by atoms with Crippen molar-refractivity contribution < 1.29 is 14.3 Å². The molecule has 6 heteroatoms. The Balaban J connectivity index is 1.95. The van der Waals surface area contributed by atoms with Gasteiger partial charge in [0.15, 0.2) is 6.04 Å². The molecule has 1 aliphatic heterocycles. The minimum Gasteiger partial charge on any atom is -0.493 e. The Kier molecular flexibility index (Phi) is 4.14. The second-order valence-corrected chi connectivity index (χ2v) is 4.68. The van der Waals surface area contributed by atoms with E-state index in [1.807, 2.05) is 32.0 Å². The van der Waals surface area contributed by atoms with Crippen LogP contribution in [0.5, 0.6) is 5.75 Å². The van der Waals surface area contributed by atoms with Crippen molar-refractivity contribution in [1.29, 1.82) is 0 Å². The number of rotatable bonds is 4. The number of nitrogens with one attached hydrogen (secondary N) is 1. The number of amides is 2. The molecule has 3 N–H and O–H groups in total. The molecule has 1 unspecified atom stereocenters. The Labute approximate surface area is 117 Å². The monoisotopic (exact) mass is 275 g/mol. The molecular formula is C14H17N3O3. The van der Waals surface area contributed by atoms with Gasteiger partial charge >= 0.3 is 0 Å². The van der Waals surface area contributed by atoms with Gasteiger partial charge in [0.05, 0.1) is 6.61 Å². The quantitative estimate of drug-likeness (QED) is 0.780. The van der Waals surface area contributed by atoms with E-state index in [1.165, 1.54) is 0 Å². The summed E-state index contributed by atoms with van der Waals surface area (Å²) in [7, 11) is 0. The van der Waals surface area contributed by atoms with Crippen LogP contribution >= 0.6 is 0 Å². The maximum absolute atomic E-state index is 11.4. The molecule has 0 saturated heterocycles. The summed E-state index contributed by atoms with van der Waals surface area (Å²) in [4.78, 5) is 26.5. The molecule has 0 aliphatic carbocycles. The van der Waals surface area contributed by atoms with E-state index in [-0.39, 0.29) is 0 Å². The van der Waals surface area contributed by atoms with Crippen LogP contribution in [0.3, 0.4) is 0 Å². The second-order valence-electron chi connectivity index (χ2n) is 4.68. The van der Waals surface area contributed by atoms with Gasteiger partial charge in [0, 0.05) is 6.42 Å². The highest BCUT2D eigenvalue weighted by atomic mass is 16.5. The van der Waals surface area contributed by atoms with E-state index in [4.69, 9.17) is 10.5 Å². The summed E-state index contributed by atoms with van der Waals surface area (Å²) < 4.78 is 5.69. The molecule has 2 amide bonds. The minimum atomic E-state index is -1.20. The minimum absolute atomic E-state index is 0.299. The maximum atomic E-state index is 11.4. The standard InChI is InChI=1S/C14H17N3O3/c1-8-4-3-5-9(2)12(8)20-7-6-10-16-13(18)11(15)14(19)17-10/h3-5,11H,6-7,15H2,1-2H3,(H,16,17,18,19). The molecule has 0 saturated carbocycles. The number of nitrogens with two attached hydrogens (primary N) is 1. The molecule has 0 aromatic heterocycles. The van der Waals surface area contributed by atoms with Crippen molar-refractivity contribution in [2.24, 2.45) is 10.7 Å². The van der Waals surface area contributed by atoms with Gasteiger partial charge in [-0.25, -0.2) is 0 Å². The molecule has 6 nitrogen and oxygen atoms in total. The lowest BCUT2D eigenvalue weighted by atomic mass is 10.1. The van der Waals surface area contributed by atoms with Gasteiger partial charge in [-0.1, -0.05) is 18.2 Å². The van der Waals surface area contributed by atoms with Crippen molar-refractivity contribution in [3.63, 3.8) is 0 Å². The molecule has 1 heterocycles. The number of carbonyl (C=O) groups is 2. The Morgan fingerprint density at radius 3 is 2.55 bits per heavy atom. The van der Waals surface area contributed by atoms with Gasteiger partial charge in [-0.15, -0.1) is 0 Å². The zero-order chi connectivity index (χ0) is 14.7. The van der Waals surface area contributed by atoms with E-state index >= 15 is 0 Å². The predicted octanol–water partition coefficient (Wildman–Crippen LogP) is 0.455. The predicted molar refractivity (Wildman–Crippen MR) is 74.6 cm³/mol. The van der Waals surface area contributed by atoms with Crippen LogP contribution in [0.1, 0.15) is 17.5 Å². The Bertz CT molecular complexity index is 561. The van der Waals surface area contributed by atoms with Gasteiger partial charge < -0.3 is 15.8 Å². The lowest BCUT2D eigenvalue weighted by Crippen LogP contribution is -2.52. The third-order valence-corrected chi connectivity index (χ3v) is 3.06. The van der Waals surface area contributed by atoms with Gasteiger partial charge in [-0.2, -0.15) is 4.99 Å². The average Bonchev–Trinajstić information content (AvgIpc) is 2.39. The van der Waals surface area contributed by atoms with Crippen molar-refractivity contribution in [2.75, 3.05) is 6.61 Å². The number of carbonyl (C=O) groups excluding carboxylic acids is 2. The third-order valence-electron chi connectivity index (χ3n) is 3.06. The molecule has 0 fully saturated rings. The summed E-state index contributed by atoms with van der Waals surface area (Å²) in [5, 5.41) is 2.50. The molecule has 1 aliphatic rings. The van der Waals surface area contributed by atoms with Crippen LogP contribution in [0.25, 0.3) is 0 Å². The summed E-state index contributed by atoms with van der Waals surface area (Å²) in [6.45, 7) is 4.25. The summed E-state index contributed by atoms with van der Waals surface area (Å²) in [5.74, 6) is -0.0194. The fourth-order valence-corrected chi connectivity index (χ4v) is 1.96. The van der Waals surface area contributed by atoms with Crippen LogP contribution in [0.15, 0.2) is 23.2 Å². The second kappa shape index (κ2) is 5.83. The smallest absolute Gasteiger partial charge is 0.273 e. The third kappa shape index (κ3) is 3.03. The average molecular weight is 275 g/mol. The van der Waals surface area contributed by atoms with Crippen molar-refractivity contribution in [3.05, 3.63) is 29.3 Å². The van der Waals surface area contributed by atoms with Crippen molar-refractivity contribution >= 4 is 17.6 Å². The first-order chi connectivity index (χ1) is 9.49. The SMILES string of the molecule is Cc1cccc(C)c1OCCC1=NC(=O)C(N)C(=O)N1. The zero-order valence-electron chi connectivity index (χ0n) is 11.5. The van der Waals surface area contributed by atoms with E-state index in [2.05, 4.69) is 10.3 Å². The summed E-state index contributed by atoms with van der Waals surface area (Å²) >= 11 is 0. The Morgan fingerprint density at radius 2 is 1.95 bits per heavy atom. The Morgan fingerprint density at radius 1 is 1.30 bits per heavy atom. The summed E-state index contributed by atoms with van der Waals surface area (Å²) in [6.07, 6.45) is 0.345. The van der Waals surface area contributed by atoms with E-state index < -0.39 is 17.9 Å². The fraction of sp³-hybridized carbons (Fsp3) is 0.357. The number of nitrogens with zero attached hydrogens (tertiary/aromatic N) is 1. The fourth-order valence-electron chi connectivity index (χ4n) is 1.96. The number of benzene rings is 1. The molecule has 0 spiro atoms. The van der Waals surface area contributed by atoms with Gasteiger partial charge in [-0.05, 0) is 25.0 Å². The molecular weight excluding hydrogens is 258 g/mol. The van der Waals surface area contributed by atoms with Crippen LogP contribution in [0, 0.1) is 13.8 Å². The number of aryl methyl sites for hydroxylation is 2. The maximum Gasteiger partial charge on any atom is 0.273 e. The molecule has 1 aromatic rings. The van der Waals surface area contributed by atoms with Gasteiger partial charge in [-0.3, -0.25) is 9.59 Å².